The lowest BCUT2D eigenvalue weighted by atomic mass is 10.2. The van der Waals surface area contributed by atoms with Crippen molar-refractivity contribution >= 4 is 17.5 Å². The molecule has 0 saturated heterocycles. The van der Waals surface area contributed by atoms with E-state index in [1.807, 2.05) is 28.9 Å². The van der Waals surface area contributed by atoms with Crippen LogP contribution in [0.3, 0.4) is 0 Å². The topological polar surface area (TPSA) is 60.7 Å². The van der Waals surface area contributed by atoms with Crippen LogP contribution < -0.4 is 0 Å². The van der Waals surface area contributed by atoms with Crippen LogP contribution in [0.2, 0.25) is 0 Å². The molecule has 0 spiro atoms. The first-order valence-electron chi connectivity index (χ1n) is 6.81. The molecule has 1 saturated carbocycles. The number of hydrogen-bond acceptors (Lipinski definition) is 5. The summed E-state index contributed by atoms with van der Waals surface area (Å²) in [6.45, 7) is 1.57. The summed E-state index contributed by atoms with van der Waals surface area (Å²) in [7, 11) is 0. The van der Waals surface area contributed by atoms with Gasteiger partial charge in [0.25, 0.3) is 0 Å². The first-order valence-corrected chi connectivity index (χ1v) is 7.62. The van der Waals surface area contributed by atoms with Gasteiger partial charge in [0.1, 0.15) is 0 Å². The van der Waals surface area contributed by atoms with E-state index in [0.29, 0.717) is 6.04 Å². The fraction of sp³-hybridized carbons (Fsp3) is 0.429. The number of Topliss-reactive ketones (excluding diaryl/α,β-unsaturated/α-hetero) is 1. The Balaban J connectivity index is 1.77. The van der Waals surface area contributed by atoms with E-state index in [0.717, 1.165) is 28.5 Å². The van der Waals surface area contributed by atoms with Crippen LogP contribution in [-0.2, 0) is 0 Å². The van der Waals surface area contributed by atoms with Crippen molar-refractivity contribution in [3.05, 3.63) is 29.8 Å². The number of rotatable bonds is 4. The Morgan fingerprint density at radius 2 is 1.95 bits per heavy atom. The largest absolute Gasteiger partial charge is 0.295 e. The zero-order valence-electron chi connectivity index (χ0n) is 11.3. The summed E-state index contributed by atoms with van der Waals surface area (Å²) in [5.74, 6) is 0.0809. The summed E-state index contributed by atoms with van der Waals surface area (Å²) in [6, 6.07) is 8.00. The second kappa shape index (κ2) is 5.75. The van der Waals surface area contributed by atoms with Crippen molar-refractivity contribution in [3.63, 3.8) is 0 Å². The normalized spacial score (nSPS) is 15.7. The zero-order chi connectivity index (χ0) is 13.9. The van der Waals surface area contributed by atoms with Crippen LogP contribution in [0, 0.1) is 0 Å². The van der Waals surface area contributed by atoms with Gasteiger partial charge >= 0.3 is 0 Å². The molecule has 6 heteroatoms. The van der Waals surface area contributed by atoms with E-state index < -0.39 is 0 Å². The van der Waals surface area contributed by atoms with Gasteiger partial charge in [0.15, 0.2) is 5.78 Å². The van der Waals surface area contributed by atoms with Crippen LogP contribution in [0.15, 0.2) is 34.3 Å². The molecule has 1 aliphatic carbocycles. The van der Waals surface area contributed by atoms with Crippen LogP contribution >= 0.6 is 11.8 Å². The van der Waals surface area contributed by atoms with Crippen LogP contribution in [0.1, 0.15) is 49.0 Å². The maximum absolute atomic E-state index is 11.3. The van der Waals surface area contributed by atoms with Crippen LogP contribution in [0.4, 0.5) is 0 Å². The van der Waals surface area contributed by atoms with Crippen molar-refractivity contribution < 1.29 is 4.79 Å². The number of aromatic nitrogens is 4. The van der Waals surface area contributed by atoms with Gasteiger partial charge in [-0.1, -0.05) is 25.0 Å². The maximum atomic E-state index is 11.3. The van der Waals surface area contributed by atoms with Crippen LogP contribution in [0.25, 0.3) is 0 Å². The molecule has 1 aliphatic rings. The number of hydrogen-bond donors (Lipinski definition) is 0. The Labute approximate surface area is 121 Å². The van der Waals surface area contributed by atoms with Crippen LogP contribution in [-0.4, -0.2) is 26.0 Å². The average Bonchev–Trinajstić information content (AvgIpc) is 3.09. The molecule has 20 heavy (non-hydrogen) atoms. The Kier molecular flexibility index (Phi) is 3.82. The van der Waals surface area contributed by atoms with E-state index in [1.165, 1.54) is 12.8 Å². The van der Waals surface area contributed by atoms with Gasteiger partial charge in [-0.3, -0.25) is 4.79 Å². The number of nitrogens with zero attached hydrogens (tertiary/aromatic N) is 4. The Hall–Kier alpha value is -1.69. The molecule has 5 nitrogen and oxygen atoms in total. The molecule has 0 unspecified atom stereocenters. The smallest absolute Gasteiger partial charge is 0.214 e. The molecule has 104 valence electrons. The van der Waals surface area contributed by atoms with Gasteiger partial charge in [0.05, 0.1) is 6.04 Å². The zero-order valence-corrected chi connectivity index (χ0v) is 12.1. The highest BCUT2D eigenvalue weighted by molar-refractivity contribution is 7.99. The number of tetrazole rings is 1. The number of ketones is 1. The predicted molar refractivity (Wildman–Crippen MR) is 75.9 cm³/mol. The summed E-state index contributed by atoms with van der Waals surface area (Å²) >= 11 is 1.54. The van der Waals surface area contributed by atoms with Crippen molar-refractivity contribution in [1.82, 2.24) is 20.2 Å². The fourth-order valence-corrected chi connectivity index (χ4v) is 3.33. The molecule has 1 aromatic carbocycles. The van der Waals surface area contributed by atoms with Gasteiger partial charge in [-0.25, -0.2) is 4.68 Å². The molecule has 2 aromatic rings. The third kappa shape index (κ3) is 2.75. The number of benzene rings is 1. The molecule has 1 aromatic heterocycles. The van der Waals surface area contributed by atoms with E-state index in [-0.39, 0.29) is 5.78 Å². The number of carbonyl (C=O) groups is 1. The third-order valence-corrected chi connectivity index (χ3v) is 4.56. The minimum Gasteiger partial charge on any atom is -0.295 e. The molecule has 0 atom stereocenters. The van der Waals surface area contributed by atoms with Crippen molar-refractivity contribution in [2.75, 3.05) is 0 Å². The quantitative estimate of drug-likeness (QED) is 0.809. The monoisotopic (exact) mass is 288 g/mol. The van der Waals surface area contributed by atoms with E-state index >= 15 is 0 Å². The first kappa shape index (κ1) is 13.3. The lowest BCUT2D eigenvalue weighted by molar-refractivity contribution is 0.101. The minimum atomic E-state index is 0.0809. The summed E-state index contributed by atoms with van der Waals surface area (Å²) in [5, 5.41) is 12.9. The second-order valence-corrected chi connectivity index (χ2v) is 6.07. The Morgan fingerprint density at radius 1 is 1.25 bits per heavy atom. The van der Waals surface area contributed by atoms with E-state index in [4.69, 9.17) is 0 Å². The Morgan fingerprint density at radius 3 is 2.60 bits per heavy atom. The first-order chi connectivity index (χ1) is 9.74. The highest BCUT2D eigenvalue weighted by atomic mass is 32.2. The summed E-state index contributed by atoms with van der Waals surface area (Å²) in [6.07, 6.45) is 4.81. The molecule has 0 bridgehead atoms. The second-order valence-electron chi connectivity index (χ2n) is 5.03. The minimum absolute atomic E-state index is 0.0809. The van der Waals surface area contributed by atoms with Gasteiger partial charge in [-0.2, -0.15) is 0 Å². The van der Waals surface area contributed by atoms with Gasteiger partial charge in [-0.15, -0.1) is 5.10 Å². The molecule has 0 amide bonds. The molecule has 3 rings (SSSR count). The van der Waals surface area contributed by atoms with Crippen molar-refractivity contribution in [3.8, 4) is 0 Å². The lowest BCUT2D eigenvalue weighted by Gasteiger charge is -2.10. The molecule has 1 heterocycles. The van der Waals surface area contributed by atoms with Crippen molar-refractivity contribution in [2.24, 2.45) is 0 Å². The summed E-state index contributed by atoms with van der Waals surface area (Å²) < 4.78 is 1.94. The van der Waals surface area contributed by atoms with Gasteiger partial charge in [0, 0.05) is 10.5 Å². The van der Waals surface area contributed by atoms with Gasteiger partial charge < -0.3 is 0 Å². The highest BCUT2D eigenvalue weighted by Gasteiger charge is 2.21. The standard InChI is InChI=1S/C14H16N4OS/c1-10(19)11-6-8-13(9-7-11)20-14-15-16-17-18(14)12-4-2-3-5-12/h6-9,12H,2-5H2,1H3. The summed E-state index contributed by atoms with van der Waals surface area (Å²) in [5.41, 5.74) is 0.727. The van der Waals surface area contributed by atoms with Crippen LogP contribution in [0.5, 0.6) is 0 Å². The molecular weight excluding hydrogens is 272 g/mol. The van der Waals surface area contributed by atoms with Crippen molar-refractivity contribution in [1.29, 1.82) is 0 Å². The van der Waals surface area contributed by atoms with E-state index in [9.17, 15) is 4.79 Å². The Bertz CT molecular complexity index is 602. The number of carbonyl (C=O) groups excluding carboxylic acids is 1. The molecule has 1 fully saturated rings. The average molecular weight is 288 g/mol. The molecule has 0 aliphatic heterocycles. The molecular formula is C14H16N4OS. The fourth-order valence-electron chi connectivity index (χ4n) is 2.49. The molecule has 0 N–H and O–H groups in total. The SMILES string of the molecule is CC(=O)c1ccc(Sc2nnnn2C2CCCC2)cc1. The van der Waals surface area contributed by atoms with Crippen molar-refractivity contribution in [2.45, 2.75) is 48.7 Å². The maximum Gasteiger partial charge on any atom is 0.214 e. The lowest BCUT2D eigenvalue weighted by Crippen LogP contribution is -2.08. The van der Waals surface area contributed by atoms with Gasteiger partial charge in [0.2, 0.25) is 5.16 Å². The highest BCUT2D eigenvalue weighted by Crippen LogP contribution is 2.33. The third-order valence-electron chi connectivity index (χ3n) is 3.60. The predicted octanol–water partition coefficient (Wildman–Crippen LogP) is 3.14. The van der Waals surface area contributed by atoms with Gasteiger partial charge in [-0.05, 0) is 54.1 Å². The molecule has 0 radical (unpaired) electrons. The van der Waals surface area contributed by atoms with E-state index in [1.54, 1.807) is 18.7 Å². The van der Waals surface area contributed by atoms with E-state index in [2.05, 4.69) is 15.5 Å². The summed E-state index contributed by atoms with van der Waals surface area (Å²) in [4.78, 5) is 12.3.